The lowest BCUT2D eigenvalue weighted by Crippen LogP contribution is -2.52. The van der Waals surface area contributed by atoms with E-state index in [0.29, 0.717) is 25.4 Å². The molecule has 0 radical (unpaired) electrons. The molecule has 1 aliphatic carbocycles. The Bertz CT molecular complexity index is 631. The minimum absolute atomic E-state index is 0.0509. The normalized spacial score (nSPS) is 29.5. The lowest BCUT2D eigenvalue weighted by Gasteiger charge is -2.42. The molecule has 3 heterocycles. The summed E-state index contributed by atoms with van der Waals surface area (Å²) in [4.78, 5) is 53.6. The first kappa shape index (κ1) is 17.3. The summed E-state index contributed by atoms with van der Waals surface area (Å²) < 4.78 is 0. The van der Waals surface area contributed by atoms with Crippen LogP contribution in [0.3, 0.4) is 0 Å². The second kappa shape index (κ2) is 6.55. The quantitative estimate of drug-likeness (QED) is 0.723. The van der Waals surface area contributed by atoms with Crippen molar-refractivity contribution in [3.05, 3.63) is 0 Å². The Morgan fingerprint density at radius 3 is 2.58 bits per heavy atom. The first-order chi connectivity index (χ1) is 12.5. The molecule has 0 aromatic rings. The van der Waals surface area contributed by atoms with Crippen LogP contribution in [0.2, 0.25) is 0 Å². The highest BCUT2D eigenvalue weighted by atomic mass is 16.2. The molecule has 26 heavy (non-hydrogen) atoms. The van der Waals surface area contributed by atoms with Gasteiger partial charge in [-0.15, -0.1) is 0 Å². The Labute approximate surface area is 152 Å². The zero-order chi connectivity index (χ0) is 18.3. The zero-order valence-corrected chi connectivity index (χ0v) is 15.0. The molecule has 0 bridgehead atoms. The van der Waals surface area contributed by atoms with E-state index in [9.17, 15) is 19.2 Å². The summed E-state index contributed by atoms with van der Waals surface area (Å²) >= 11 is 0. The van der Waals surface area contributed by atoms with Gasteiger partial charge in [0.15, 0.2) is 0 Å². The van der Waals surface area contributed by atoms with E-state index < -0.39 is 11.4 Å². The topological polar surface area (TPSA) is 90.0 Å². The van der Waals surface area contributed by atoms with Crippen molar-refractivity contribution in [2.24, 2.45) is 11.3 Å². The Kier molecular flexibility index (Phi) is 4.36. The molecule has 1 spiro atoms. The molecule has 4 fully saturated rings. The average molecular weight is 362 g/mol. The summed E-state index contributed by atoms with van der Waals surface area (Å²) in [6, 6.07) is -0.516. The molecular formula is C18H26N4O4. The van der Waals surface area contributed by atoms with Gasteiger partial charge in [-0.3, -0.25) is 19.3 Å². The summed E-state index contributed by atoms with van der Waals surface area (Å²) in [6.45, 7) is 2.33. The second-order valence-corrected chi connectivity index (χ2v) is 8.14. The molecule has 8 heteroatoms. The Balaban J connectivity index is 1.38. The molecule has 142 valence electrons. The van der Waals surface area contributed by atoms with Crippen LogP contribution in [0.1, 0.15) is 38.5 Å². The molecule has 4 aliphatic rings. The highest BCUT2D eigenvalue weighted by Gasteiger charge is 2.50. The van der Waals surface area contributed by atoms with Crippen molar-refractivity contribution in [2.75, 3.05) is 39.3 Å². The second-order valence-electron chi connectivity index (χ2n) is 8.14. The predicted octanol–water partition coefficient (Wildman–Crippen LogP) is 0.179. The van der Waals surface area contributed by atoms with Gasteiger partial charge in [-0.1, -0.05) is 6.42 Å². The van der Waals surface area contributed by atoms with Gasteiger partial charge < -0.3 is 15.1 Å². The van der Waals surface area contributed by atoms with Gasteiger partial charge in [-0.2, -0.15) is 0 Å². The van der Waals surface area contributed by atoms with Crippen LogP contribution in [0.5, 0.6) is 0 Å². The van der Waals surface area contributed by atoms with Crippen LogP contribution in [0, 0.1) is 11.3 Å². The molecule has 1 atom stereocenters. The zero-order valence-electron chi connectivity index (χ0n) is 15.0. The van der Waals surface area contributed by atoms with Gasteiger partial charge in [0.05, 0.1) is 12.0 Å². The fourth-order valence-electron chi connectivity index (χ4n) is 4.63. The van der Waals surface area contributed by atoms with Gasteiger partial charge in [0.25, 0.3) is 5.91 Å². The smallest absolute Gasteiger partial charge is 0.325 e. The van der Waals surface area contributed by atoms with Crippen molar-refractivity contribution in [3.63, 3.8) is 0 Å². The molecule has 1 unspecified atom stereocenters. The van der Waals surface area contributed by atoms with Gasteiger partial charge >= 0.3 is 6.03 Å². The number of amides is 5. The molecule has 8 nitrogen and oxygen atoms in total. The number of carbonyl (C=O) groups is 4. The molecule has 3 saturated heterocycles. The van der Waals surface area contributed by atoms with E-state index in [1.54, 1.807) is 4.90 Å². The van der Waals surface area contributed by atoms with Crippen molar-refractivity contribution < 1.29 is 19.2 Å². The average Bonchev–Trinajstić information content (AvgIpc) is 3.14. The predicted molar refractivity (Wildman–Crippen MR) is 91.9 cm³/mol. The highest BCUT2D eigenvalue weighted by molar-refractivity contribution is 6.04. The van der Waals surface area contributed by atoms with Gasteiger partial charge in [0, 0.05) is 26.2 Å². The minimum atomic E-state index is -0.516. The van der Waals surface area contributed by atoms with Crippen LogP contribution in [-0.2, 0) is 14.4 Å². The molecule has 5 amide bonds. The molecule has 3 aliphatic heterocycles. The highest BCUT2D eigenvalue weighted by Crippen LogP contribution is 2.41. The van der Waals surface area contributed by atoms with Crippen molar-refractivity contribution >= 4 is 23.8 Å². The monoisotopic (exact) mass is 362 g/mol. The summed E-state index contributed by atoms with van der Waals surface area (Å²) in [5.41, 5.74) is -0.463. The van der Waals surface area contributed by atoms with E-state index >= 15 is 0 Å². The van der Waals surface area contributed by atoms with Gasteiger partial charge in [0.2, 0.25) is 11.8 Å². The van der Waals surface area contributed by atoms with Gasteiger partial charge in [-0.05, 0) is 38.0 Å². The maximum Gasteiger partial charge on any atom is 0.325 e. The standard InChI is InChI=1S/C18H26N4O4/c23-14-9-19-17(26)22(14)11-15(24)21-8-6-18(12-21)5-2-7-20(16(18)25)10-13-3-1-4-13/h13H,1-12H2,(H,19,26). The number of hydrogen-bond donors (Lipinski definition) is 1. The van der Waals surface area contributed by atoms with Crippen LogP contribution >= 0.6 is 0 Å². The number of likely N-dealkylation sites (tertiary alicyclic amines) is 2. The third kappa shape index (κ3) is 2.95. The lowest BCUT2D eigenvalue weighted by atomic mass is 9.77. The van der Waals surface area contributed by atoms with Crippen LogP contribution in [0.4, 0.5) is 4.79 Å². The molecule has 4 rings (SSSR count). The Morgan fingerprint density at radius 2 is 1.92 bits per heavy atom. The molecular weight excluding hydrogens is 336 g/mol. The summed E-state index contributed by atoms with van der Waals surface area (Å²) in [5.74, 6) is 0.211. The molecule has 1 saturated carbocycles. The summed E-state index contributed by atoms with van der Waals surface area (Å²) in [5, 5.41) is 2.42. The number of imide groups is 1. The summed E-state index contributed by atoms with van der Waals surface area (Å²) in [7, 11) is 0. The SMILES string of the molecule is O=C(CN1C(=O)CNC1=O)N1CCC2(CCCN(CC3CCC3)C2=O)C1. The van der Waals surface area contributed by atoms with E-state index in [4.69, 9.17) is 0 Å². The third-order valence-corrected chi connectivity index (χ3v) is 6.46. The Morgan fingerprint density at radius 1 is 1.12 bits per heavy atom. The van der Waals surface area contributed by atoms with Crippen molar-refractivity contribution in [2.45, 2.75) is 38.5 Å². The first-order valence-corrected chi connectivity index (χ1v) is 9.64. The van der Waals surface area contributed by atoms with Crippen molar-refractivity contribution in [1.82, 2.24) is 20.0 Å². The number of piperidine rings is 1. The first-order valence-electron chi connectivity index (χ1n) is 9.64. The van der Waals surface area contributed by atoms with Gasteiger partial charge in [-0.25, -0.2) is 4.79 Å². The maximum atomic E-state index is 13.1. The largest absolute Gasteiger partial charge is 0.342 e. The number of urea groups is 1. The minimum Gasteiger partial charge on any atom is -0.342 e. The number of nitrogens with zero attached hydrogens (tertiary/aromatic N) is 3. The van der Waals surface area contributed by atoms with Crippen LogP contribution in [0.15, 0.2) is 0 Å². The fraction of sp³-hybridized carbons (Fsp3) is 0.778. The van der Waals surface area contributed by atoms with Crippen molar-refractivity contribution in [3.8, 4) is 0 Å². The third-order valence-electron chi connectivity index (χ3n) is 6.46. The van der Waals surface area contributed by atoms with E-state index in [0.717, 1.165) is 30.8 Å². The van der Waals surface area contributed by atoms with E-state index in [2.05, 4.69) is 5.32 Å². The van der Waals surface area contributed by atoms with Crippen LogP contribution < -0.4 is 5.32 Å². The Hall–Kier alpha value is -2.12. The number of hydrogen-bond acceptors (Lipinski definition) is 4. The molecule has 0 aromatic carbocycles. The van der Waals surface area contributed by atoms with E-state index in [1.165, 1.54) is 19.3 Å². The number of rotatable bonds is 4. The lowest BCUT2D eigenvalue weighted by molar-refractivity contribution is -0.147. The van der Waals surface area contributed by atoms with Crippen LogP contribution in [-0.4, -0.2) is 77.7 Å². The maximum absolute atomic E-state index is 13.1. The molecule has 1 N–H and O–H groups in total. The number of nitrogens with one attached hydrogen (secondary N) is 1. The molecule has 0 aromatic heterocycles. The fourth-order valence-corrected chi connectivity index (χ4v) is 4.63. The summed E-state index contributed by atoms with van der Waals surface area (Å²) in [6.07, 6.45) is 6.18. The van der Waals surface area contributed by atoms with Crippen molar-refractivity contribution in [1.29, 1.82) is 0 Å². The number of carbonyl (C=O) groups excluding carboxylic acids is 4. The van der Waals surface area contributed by atoms with Crippen LogP contribution in [0.25, 0.3) is 0 Å². The van der Waals surface area contributed by atoms with E-state index in [1.807, 2.05) is 4.90 Å². The van der Waals surface area contributed by atoms with Gasteiger partial charge in [0.1, 0.15) is 6.54 Å². The van der Waals surface area contributed by atoms with E-state index in [-0.39, 0.29) is 30.8 Å².